The summed E-state index contributed by atoms with van der Waals surface area (Å²) in [6.07, 6.45) is 4.65. The van der Waals surface area contributed by atoms with Gasteiger partial charge >= 0.3 is 0 Å². The molecular weight excluding hydrogens is 130 g/mol. The molecule has 3 nitrogen and oxygen atoms in total. The van der Waals surface area contributed by atoms with Crippen LogP contribution < -0.4 is 0 Å². The van der Waals surface area contributed by atoms with Gasteiger partial charge in [-0.1, -0.05) is 19.8 Å². The molecule has 0 aromatic rings. The maximum Gasteiger partial charge on any atom is 0.235 e. The van der Waals surface area contributed by atoms with E-state index >= 15 is 0 Å². The van der Waals surface area contributed by atoms with E-state index in [4.69, 9.17) is 0 Å². The van der Waals surface area contributed by atoms with E-state index < -0.39 is 6.04 Å². The third-order valence-electron chi connectivity index (χ3n) is 1.23. The van der Waals surface area contributed by atoms with E-state index in [9.17, 15) is 9.59 Å². The van der Waals surface area contributed by atoms with Gasteiger partial charge in [0, 0.05) is 0 Å². The van der Waals surface area contributed by atoms with Gasteiger partial charge in [0.1, 0.15) is 12.3 Å². The Morgan fingerprint density at radius 3 is 2.80 bits per heavy atom. The zero-order chi connectivity index (χ0) is 7.82. The van der Waals surface area contributed by atoms with Crippen LogP contribution in [0.1, 0.15) is 26.2 Å². The van der Waals surface area contributed by atoms with E-state index in [1.54, 1.807) is 0 Å². The van der Waals surface area contributed by atoms with Gasteiger partial charge in [-0.3, -0.25) is 0 Å². The van der Waals surface area contributed by atoms with E-state index in [0.717, 1.165) is 12.8 Å². The summed E-state index contributed by atoms with van der Waals surface area (Å²) in [4.78, 5) is 23.1. The first kappa shape index (κ1) is 9.05. The lowest BCUT2D eigenvalue weighted by Crippen LogP contribution is -2.04. The summed E-state index contributed by atoms with van der Waals surface area (Å²) >= 11 is 0. The zero-order valence-corrected chi connectivity index (χ0v) is 6.04. The van der Waals surface area contributed by atoms with Crippen molar-refractivity contribution in [2.45, 2.75) is 32.2 Å². The first-order valence-corrected chi connectivity index (χ1v) is 3.37. The largest absolute Gasteiger partial charge is 0.301 e. The molecule has 1 unspecified atom stereocenters. The van der Waals surface area contributed by atoms with Crippen LogP contribution >= 0.6 is 0 Å². The SMILES string of the molecule is CCCCC(C=O)N=C=O. The molecule has 0 saturated heterocycles. The van der Waals surface area contributed by atoms with E-state index in [1.165, 1.54) is 6.08 Å². The van der Waals surface area contributed by atoms with Gasteiger partial charge in [-0.25, -0.2) is 4.79 Å². The van der Waals surface area contributed by atoms with Crippen LogP contribution in [-0.2, 0) is 9.59 Å². The first-order chi connectivity index (χ1) is 4.85. The van der Waals surface area contributed by atoms with E-state index in [2.05, 4.69) is 4.99 Å². The lowest BCUT2D eigenvalue weighted by atomic mass is 10.1. The molecule has 0 radical (unpaired) electrons. The van der Waals surface area contributed by atoms with Gasteiger partial charge in [-0.2, -0.15) is 4.99 Å². The molecule has 0 fully saturated rings. The van der Waals surface area contributed by atoms with Gasteiger partial charge < -0.3 is 4.79 Å². The predicted octanol–water partition coefficient (Wildman–Crippen LogP) is 1.08. The summed E-state index contributed by atoms with van der Waals surface area (Å²) in [7, 11) is 0. The summed E-state index contributed by atoms with van der Waals surface area (Å²) < 4.78 is 0. The molecule has 0 bridgehead atoms. The second kappa shape index (κ2) is 6.17. The Labute approximate surface area is 60.1 Å². The standard InChI is InChI=1S/C7H11NO2/c1-2-3-4-7(5-9)8-6-10/h5,7H,2-4H2,1H3. The Kier molecular flexibility index (Phi) is 5.59. The molecule has 0 aliphatic heterocycles. The fourth-order valence-electron chi connectivity index (χ4n) is 0.644. The average molecular weight is 141 g/mol. The number of isocyanates is 1. The number of hydrogen-bond acceptors (Lipinski definition) is 3. The highest BCUT2D eigenvalue weighted by molar-refractivity contribution is 5.59. The number of unbranched alkanes of at least 4 members (excludes halogenated alkanes) is 1. The zero-order valence-electron chi connectivity index (χ0n) is 6.04. The van der Waals surface area contributed by atoms with Crippen LogP contribution in [0.5, 0.6) is 0 Å². The van der Waals surface area contributed by atoms with Gasteiger partial charge in [0.15, 0.2) is 0 Å². The molecule has 0 amide bonds. The van der Waals surface area contributed by atoms with Crippen molar-refractivity contribution >= 4 is 12.4 Å². The summed E-state index contributed by atoms with van der Waals surface area (Å²) in [5.41, 5.74) is 0. The third kappa shape index (κ3) is 3.98. The normalized spacial score (nSPS) is 11.7. The number of carbonyl (C=O) groups is 1. The quantitative estimate of drug-likeness (QED) is 0.326. The molecule has 0 saturated carbocycles. The van der Waals surface area contributed by atoms with Gasteiger partial charge in [0.05, 0.1) is 0 Å². The van der Waals surface area contributed by atoms with E-state index in [1.807, 2.05) is 6.92 Å². The Morgan fingerprint density at radius 2 is 2.40 bits per heavy atom. The Bertz CT molecular complexity index is 139. The van der Waals surface area contributed by atoms with Crippen molar-refractivity contribution in [1.82, 2.24) is 0 Å². The van der Waals surface area contributed by atoms with Crippen molar-refractivity contribution in [2.75, 3.05) is 0 Å². The van der Waals surface area contributed by atoms with E-state index in [0.29, 0.717) is 12.7 Å². The molecule has 56 valence electrons. The van der Waals surface area contributed by atoms with Crippen LogP contribution in [-0.4, -0.2) is 18.4 Å². The average Bonchev–Trinajstić information content (AvgIpc) is 1.98. The van der Waals surface area contributed by atoms with Gasteiger partial charge in [-0.15, -0.1) is 0 Å². The maximum absolute atomic E-state index is 10.1. The van der Waals surface area contributed by atoms with Crippen LogP contribution in [0, 0.1) is 0 Å². The van der Waals surface area contributed by atoms with Crippen molar-refractivity contribution < 1.29 is 9.59 Å². The Balaban J connectivity index is 3.60. The third-order valence-corrected chi connectivity index (χ3v) is 1.23. The van der Waals surface area contributed by atoms with Crippen molar-refractivity contribution in [3.63, 3.8) is 0 Å². The summed E-state index contributed by atoms with van der Waals surface area (Å²) in [6, 6.07) is -0.461. The van der Waals surface area contributed by atoms with Crippen molar-refractivity contribution in [3.05, 3.63) is 0 Å². The monoisotopic (exact) mass is 141 g/mol. The molecule has 10 heavy (non-hydrogen) atoms. The minimum absolute atomic E-state index is 0.461. The Morgan fingerprint density at radius 1 is 1.70 bits per heavy atom. The first-order valence-electron chi connectivity index (χ1n) is 3.37. The highest BCUT2D eigenvalue weighted by Crippen LogP contribution is 2.00. The molecular formula is C7H11NO2. The lowest BCUT2D eigenvalue weighted by molar-refractivity contribution is -0.108. The van der Waals surface area contributed by atoms with Crippen LogP contribution in [0.4, 0.5) is 0 Å². The van der Waals surface area contributed by atoms with Crippen LogP contribution in [0.3, 0.4) is 0 Å². The second-order valence-electron chi connectivity index (χ2n) is 2.07. The number of aldehydes is 1. The lowest BCUT2D eigenvalue weighted by Gasteiger charge is -1.98. The van der Waals surface area contributed by atoms with Gasteiger partial charge in [-0.05, 0) is 6.42 Å². The number of hydrogen-bond donors (Lipinski definition) is 0. The number of aliphatic imine (C=N–C) groups is 1. The smallest absolute Gasteiger partial charge is 0.235 e. The summed E-state index contributed by atoms with van der Waals surface area (Å²) in [5.74, 6) is 0. The molecule has 0 N–H and O–H groups in total. The van der Waals surface area contributed by atoms with Crippen molar-refractivity contribution in [3.8, 4) is 0 Å². The molecule has 1 atom stereocenters. The summed E-state index contributed by atoms with van der Waals surface area (Å²) in [6.45, 7) is 2.02. The topological polar surface area (TPSA) is 46.5 Å². The van der Waals surface area contributed by atoms with Crippen LogP contribution in [0.25, 0.3) is 0 Å². The minimum atomic E-state index is -0.461. The van der Waals surface area contributed by atoms with Gasteiger partial charge in [0.2, 0.25) is 6.08 Å². The van der Waals surface area contributed by atoms with Gasteiger partial charge in [0.25, 0.3) is 0 Å². The fourth-order valence-corrected chi connectivity index (χ4v) is 0.644. The number of carbonyl (C=O) groups excluding carboxylic acids is 2. The fraction of sp³-hybridized carbons (Fsp3) is 0.714. The molecule has 0 heterocycles. The molecule has 3 heteroatoms. The molecule has 0 aromatic heterocycles. The second-order valence-corrected chi connectivity index (χ2v) is 2.07. The van der Waals surface area contributed by atoms with Crippen LogP contribution in [0.15, 0.2) is 4.99 Å². The number of rotatable bonds is 5. The van der Waals surface area contributed by atoms with Crippen molar-refractivity contribution in [2.24, 2.45) is 4.99 Å². The number of nitrogens with zero attached hydrogens (tertiary/aromatic N) is 1. The maximum atomic E-state index is 10.1. The highest BCUT2D eigenvalue weighted by Gasteiger charge is 2.01. The van der Waals surface area contributed by atoms with Crippen LogP contribution in [0.2, 0.25) is 0 Å². The highest BCUT2D eigenvalue weighted by atomic mass is 16.1. The molecule has 0 aliphatic carbocycles. The predicted molar refractivity (Wildman–Crippen MR) is 37.5 cm³/mol. The Hall–Kier alpha value is -0.950. The van der Waals surface area contributed by atoms with E-state index in [-0.39, 0.29) is 0 Å². The molecule has 0 rings (SSSR count). The molecule has 0 spiro atoms. The minimum Gasteiger partial charge on any atom is -0.301 e. The van der Waals surface area contributed by atoms with Crippen molar-refractivity contribution in [1.29, 1.82) is 0 Å². The summed E-state index contributed by atoms with van der Waals surface area (Å²) in [5, 5.41) is 0. The molecule has 0 aliphatic rings. The molecule has 0 aromatic carbocycles.